The maximum absolute atomic E-state index is 12.5. The number of carboxylic acids is 1. The van der Waals surface area contributed by atoms with E-state index in [0.29, 0.717) is 12.0 Å². The molecule has 3 N–H and O–H groups in total. The molecular weight excluding hydrogens is 380 g/mol. The summed E-state index contributed by atoms with van der Waals surface area (Å²) in [5, 5.41) is 15.0. The lowest BCUT2D eigenvalue weighted by molar-refractivity contribution is -0.115. The molecule has 0 aromatic heterocycles. The molecule has 3 aromatic carbocycles. The molecule has 1 heterocycles. The summed E-state index contributed by atoms with van der Waals surface area (Å²) in [5.41, 5.74) is 4.07. The lowest BCUT2D eigenvalue weighted by Crippen LogP contribution is -2.14. The van der Waals surface area contributed by atoms with Gasteiger partial charge in [0.25, 0.3) is 5.91 Å². The Labute approximate surface area is 172 Å². The third-order valence-electron chi connectivity index (χ3n) is 4.79. The smallest absolute Gasteiger partial charge is 0.337 e. The summed E-state index contributed by atoms with van der Waals surface area (Å²) < 4.78 is 0. The standard InChI is InChI=1S/C24H18N2O4/c27-22-14-18-10-8-15(12-20(18)25-22)6-7-16-9-11-19(24(29)30)21(13-16)26-23(28)17-4-2-1-3-5-17/h1-13H,14H2,(H,25,27)(H,26,28)(H,29,30). The highest BCUT2D eigenvalue weighted by atomic mass is 16.4. The van der Waals surface area contributed by atoms with Crippen molar-refractivity contribution in [1.29, 1.82) is 0 Å². The number of anilines is 2. The number of carbonyl (C=O) groups is 3. The van der Waals surface area contributed by atoms with Crippen LogP contribution in [0.15, 0.2) is 66.7 Å². The summed E-state index contributed by atoms with van der Waals surface area (Å²) in [5.74, 6) is -1.52. The number of benzene rings is 3. The molecule has 1 aliphatic heterocycles. The summed E-state index contributed by atoms with van der Waals surface area (Å²) in [7, 11) is 0. The number of rotatable bonds is 5. The van der Waals surface area contributed by atoms with E-state index in [9.17, 15) is 19.5 Å². The van der Waals surface area contributed by atoms with Crippen molar-refractivity contribution in [2.75, 3.05) is 10.6 Å². The molecule has 0 fully saturated rings. The number of hydrogen-bond acceptors (Lipinski definition) is 3. The second kappa shape index (κ2) is 8.05. The van der Waals surface area contributed by atoms with E-state index in [2.05, 4.69) is 10.6 Å². The van der Waals surface area contributed by atoms with Crippen LogP contribution in [0.3, 0.4) is 0 Å². The lowest BCUT2D eigenvalue weighted by Gasteiger charge is -2.10. The Morgan fingerprint density at radius 3 is 2.37 bits per heavy atom. The van der Waals surface area contributed by atoms with Gasteiger partial charge >= 0.3 is 5.97 Å². The van der Waals surface area contributed by atoms with E-state index in [0.717, 1.165) is 22.4 Å². The van der Waals surface area contributed by atoms with Crippen molar-refractivity contribution >= 4 is 41.3 Å². The Hall–Kier alpha value is -4.19. The lowest BCUT2D eigenvalue weighted by atomic mass is 10.1. The maximum atomic E-state index is 12.5. The predicted molar refractivity (Wildman–Crippen MR) is 116 cm³/mol. The molecule has 0 saturated heterocycles. The fourth-order valence-electron chi connectivity index (χ4n) is 3.27. The summed E-state index contributed by atoms with van der Waals surface area (Å²) in [6.07, 6.45) is 4.08. The van der Waals surface area contributed by atoms with Gasteiger partial charge in [0.2, 0.25) is 5.91 Å². The van der Waals surface area contributed by atoms with Crippen molar-refractivity contribution in [1.82, 2.24) is 0 Å². The second-order valence-corrected chi connectivity index (χ2v) is 6.91. The molecule has 4 rings (SSSR count). The van der Waals surface area contributed by atoms with Crippen LogP contribution < -0.4 is 10.6 Å². The van der Waals surface area contributed by atoms with Crippen molar-refractivity contribution in [2.45, 2.75) is 6.42 Å². The third kappa shape index (κ3) is 4.12. The molecule has 30 heavy (non-hydrogen) atoms. The van der Waals surface area contributed by atoms with E-state index >= 15 is 0 Å². The Kier molecular flexibility index (Phi) is 5.13. The first-order valence-corrected chi connectivity index (χ1v) is 9.34. The quantitative estimate of drug-likeness (QED) is 0.558. The Morgan fingerprint density at radius 1 is 0.933 bits per heavy atom. The Bertz CT molecular complexity index is 1180. The molecule has 0 unspecified atom stereocenters. The van der Waals surface area contributed by atoms with Gasteiger partial charge in [0, 0.05) is 11.3 Å². The molecule has 0 bridgehead atoms. The summed E-state index contributed by atoms with van der Waals surface area (Å²) >= 11 is 0. The van der Waals surface area contributed by atoms with Crippen LogP contribution >= 0.6 is 0 Å². The molecular formula is C24H18N2O4. The fraction of sp³-hybridized carbons (Fsp3) is 0.0417. The first-order valence-electron chi connectivity index (χ1n) is 9.34. The minimum Gasteiger partial charge on any atom is -0.478 e. The van der Waals surface area contributed by atoms with E-state index in [1.807, 2.05) is 30.4 Å². The molecule has 0 radical (unpaired) electrons. The SMILES string of the molecule is O=C1Cc2ccc(C=Cc3ccc(C(=O)O)c(NC(=O)c4ccccc4)c3)cc2N1. The third-order valence-corrected chi connectivity index (χ3v) is 4.79. The predicted octanol–water partition coefficient (Wildman–Crippen LogP) is 4.30. The molecule has 148 valence electrons. The van der Waals surface area contributed by atoms with Crippen LogP contribution in [0.25, 0.3) is 12.2 Å². The molecule has 0 atom stereocenters. The number of carboxylic acid groups (broad SMARTS) is 1. The maximum Gasteiger partial charge on any atom is 0.337 e. The molecule has 6 nitrogen and oxygen atoms in total. The summed E-state index contributed by atoms with van der Waals surface area (Å²) in [6.45, 7) is 0. The van der Waals surface area contributed by atoms with Crippen LogP contribution in [0.5, 0.6) is 0 Å². The topological polar surface area (TPSA) is 95.5 Å². The largest absolute Gasteiger partial charge is 0.478 e. The number of carbonyl (C=O) groups excluding carboxylic acids is 2. The van der Waals surface area contributed by atoms with Crippen molar-refractivity contribution in [2.24, 2.45) is 0 Å². The van der Waals surface area contributed by atoms with Gasteiger partial charge < -0.3 is 15.7 Å². The van der Waals surface area contributed by atoms with Crippen LogP contribution in [0.1, 0.15) is 37.4 Å². The molecule has 1 aliphatic rings. The van der Waals surface area contributed by atoms with Crippen molar-refractivity contribution in [3.63, 3.8) is 0 Å². The van der Waals surface area contributed by atoms with Gasteiger partial charge in [-0.2, -0.15) is 0 Å². The number of hydrogen-bond donors (Lipinski definition) is 3. The number of fused-ring (bicyclic) bond motifs is 1. The van der Waals surface area contributed by atoms with Gasteiger partial charge in [-0.3, -0.25) is 9.59 Å². The van der Waals surface area contributed by atoms with Crippen LogP contribution in [0.2, 0.25) is 0 Å². The van der Waals surface area contributed by atoms with Gasteiger partial charge in [-0.05, 0) is 47.0 Å². The summed E-state index contributed by atoms with van der Waals surface area (Å²) in [6, 6.07) is 19.1. The van der Waals surface area contributed by atoms with Crippen molar-refractivity contribution in [3.05, 3.63) is 94.5 Å². The Morgan fingerprint density at radius 2 is 1.63 bits per heavy atom. The average Bonchev–Trinajstić information content (AvgIpc) is 3.12. The van der Waals surface area contributed by atoms with Crippen LogP contribution in [0, 0.1) is 0 Å². The normalized spacial score (nSPS) is 12.5. The van der Waals surface area contributed by atoms with Gasteiger partial charge in [0.15, 0.2) is 0 Å². The van der Waals surface area contributed by atoms with Crippen LogP contribution in [-0.4, -0.2) is 22.9 Å². The second-order valence-electron chi connectivity index (χ2n) is 6.91. The van der Waals surface area contributed by atoms with E-state index in [1.165, 1.54) is 6.07 Å². The molecule has 3 aromatic rings. The summed E-state index contributed by atoms with van der Waals surface area (Å²) in [4.78, 5) is 35.5. The molecule has 0 saturated carbocycles. The zero-order valence-corrected chi connectivity index (χ0v) is 15.9. The molecule has 2 amide bonds. The van der Waals surface area contributed by atoms with Crippen LogP contribution in [-0.2, 0) is 11.2 Å². The van der Waals surface area contributed by atoms with E-state index in [4.69, 9.17) is 0 Å². The first kappa shape index (κ1) is 19.1. The van der Waals surface area contributed by atoms with E-state index in [1.54, 1.807) is 42.5 Å². The van der Waals surface area contributed by atoms with Crippen LogP contribution in [0.4, 0.5) is 11.4 Å². The zero-order valence-electron chi connectivity index (χ0n) is 15.9. The van der Waals surface area contributed by atoms with E-state index < -0.39 is 5.97 Å². The van der Waals surface area contributed by atoms with Crippen molar-refractivity contribution in [3.8, 4) is 0 Å². The first-order chi connectivity index (χ1) is 14.5. The number of aromatic carboxylic acids is 1. The highest BCUT2D eigenvalue weighted by Crippen LogP contribution is 2.25. The highest BCUT2D eigenvalue weighted by molar-refractivity contribution is 6.08. The van der Waals surface area contributed by atoms with E-state index in [-0.39, 0.29) is 23.1 Å². The number of amides is 2. The Balaban J connectivity index is 1.59. The van der Waals surface area contributed by atoms with Gasteiger partial charge in [0.05, 0.1) is 17.7 Å². The molecule has 0 aliphatic carbocycles. The zero-order chi connectivity index (χ0) is 21.1. The average molecular weight is 398 g/mol. The number of nitrogens with one attached hydrogen (secondary N) is 2. The minimum absolute atomic E-state index is 0.0108. The van der Waals surface area contributed by atoms with Gasteiger partial charge in [0.1, 0.15) is 0 Å². The van der Waals surface area contributed by atoms with Gasteiger partial charge in [-0.25, -0.2) is 4.79 Å². The molecule has 6 heteroatoms. The van der Waals surface area contributed by atoms with Crippen molar-refractivity contribution < 1.29 is 19.5 Å². The minimum atomic E-state index is -1.12. The van der Waals surface area contributed by atoms with Gasteiger partial charge in [-0.1, -0.05) is 48.6 Å². The molecule has 0 spiro atoms. The monoisotopic (exact) mass is 398 g/mol. The fourth-order valence-corrected chi connectivity index (χ4v) is 3.27. The van der Waals surface area contributed by atoms with Gasteiger partial charge in [-0.15, -0.1) is 0 Å². The highest BCUT2D eigenvalue weighted by Gasteiger charge is 2.17.